The van der Waals surface area contributed by atoms with Gasteiger partial charge in [-0.25, -0.2) is 0 Å². The highest BCUT2D eigenvalue weighted by Crippen LogP contribution is 2.18. The fraction of sp³-hybridized carbons (Fsp3) is 0.529. The number of allylic oxidation sites excluding steroid dienone is 1. The maximum atomic E-state index is 4.96. The molecule has 19 heavy (non-hydrogen) atoms. The van der Waals surface area contributed by atoms with Crippen LogP contribution in [0.4, 0.5) is 0 Å². The summed E-state index contributed by atoms with van der Waals surface area (Å²) in [5.41, 5.74) is 3.81. The van der Waals surface area contributed by atoms with Gasteiger partial charge >= 0.3 is 0 Å². The van der Waals surface area contributed by atoms with Crippen LogP contribution in [-0.2, 0) is 11.2 Å². The van der Waals surface area contributed by atoms with Crippen molar-refractivity contribution in [2.45, 2.75) is 33.1 Å². The van der Waals surface area contributed by atoms with Crippen molar-refractivity contribution in [3.05, 3.63) is 42.0 Å². The molecule has 0 bridgehead atoms. The molecule has 1 rings (SSSR count). The van der Waals surface area contributed by atoms with Crippen LogP contribution < -0.4 is 5.32 Å². The van der Waals surface area contributed by atoms with Gasteiger partial charge in [0, 0.05) is 7.11 Å². The number of hydrogen-bond donors (Lipinski definition) is 1. The smallest absolute Gasteiger partial charge is 0.0961 e. The van der Waals surface area contributed by atoms with Crippen molar-refractivity contribution in [1.29, 1.82) is 0 Å². The maximum Gasteiger partial charge on any atom is 0.0961 e. The fourth-order valence-corrected chi connectivity index (χ4v) is 2.22. The molecule has 1 aromatic carbocycles. The van der Waals surface area contributed by atoms with Crippen molar-refractivity contribution in [2.24, 2.45) is 5.92 Å². The maximum absolute atomic E-state index is 4.96. The van der Waals surface area contributed by atoms with Crippen LogP contribution in [0.15, 0.2) is 30.8 Å². The van der Waals surface area contributed by atoms with E-state index in [4.69, 9.17) is 4.74 Å². The molecule has 1 N–H and O–H groups in total. The van der Waals surface area contributed by atoms with E-state index in [1.165, 1.54) is 24.0 Å². The second kappa shape index (κ2) is 8.89. The highest BCUT2D eigenvalue weighted by molar-refractivity contribution is 5.61. The zero-order valence-corrected chi connectivity index (χ0v) is 12.5. The zero-order chi connectivity index (χ0) is 14.1. The molecule has 1 unspecified atom stereocenters. The van der Waals surface area contributed by atoms with Crippen molar-refractivity contribution >= 4 is 5.57 Å². The molecule has 0 fully saturated rings. The molecule has 0 saturated carbocycles. The van der Waals surface area contributed by atoms with Crippen LogP contribution in [0.1, 0.15) is 37.8 Å². The number of rotatable bonds is 9. The van der Waals surface area contributed by atoms with Crippen molar-refractivity contribution in [2.75, 3.05) is 20.4 Å². The summed E-state index contributed by atoms with van der Waals surface area (Å²) in [6.45, 7) is 10.1. The van der Waals surface area contributed by atoms with Crippen LogP contribution in [0.25, 0.3) is 5.57 Å². The van der Waals surface area contributed by atoms with Crippen molar-refractivity contribution in [1.82, 2.24) is 5.32 Å². The standard InChI is InChI=1S/C17H27NO/c1-14(2)17-9-5-8-16(12-17)11-15(3)7-6-10-18-13-19-4/h5,8-9,12,15,18H,1,6-7,10-11,13H2,2-4H3. The second-order valence-electron chi connectivity index (χ2n) is 5.37. The van der Waals surface area contributed by atoms with E-state index in [0.29, 0.717) is 12.6 Å². The topological polar surface area (TPSA) is 21.3 Å². The zero-order valence-electron chi connectivity index (χ0n) is 12.5. The van der Waals surface area contributed by atoms with Crippen LogP contribution in [0.5, 0.6) is 0 Å². The number of benzene rings is 1. The van der Waals surface area contributed by atoms with Gasteiger partial charge < -0.3 is 4.74 Å². The molecular formula is C17H27NO. The Balaban J connectivity index is 2.33. The summed E-state index contributed by atoms with van der Waals surface area (Å²) in [5, 5.41) is 3.24. The molecule has 1 aromatic rings. The molecule has 0 heterocycles. The number of ether oxygens (including phenoxy) is 1. The Bertz CT molecular complexity index is 387. The minimum atomic E-state index is 0.648. The van der Waals surface area contributed by atoms with Gasteiger partial charge in [-0.3, -0.25) is 5.32 Å². The third-order valence-electron chi connectivity index (χ3n) is 3.30. The number of methoxy groups -OCH3 is 1. The average molecular weight is 261 g/mol. The van der Waals surface area contributed by atoms with E-state index >= 15 is 0 Å². The predicted octanol–water partition coefficient (Wildman–Crippen LogP) is 3.87. The average Bonchev–Trinajstić information content (AvgIpc) is 2.38. The monoisotopic (exact) mass is 261 g/mol. The molecule has 0 saturated heterocycles. The fourth-order valence-electron chi connectivity index (χ4n) is 2.22. The summed E-state index contributed by atoms with van der Waals surface area (Å²) in [7, 11) is 1.71. The molecule has 0 aromatic heterocycles. The van der Waals surface area contributed by atoms with Gasteiger partial charge in [-0.05, 0) is 49.8 Å². The first-order valence-corrected chi connectivity index (χ1v) is 7.08. The summed E-state index contributed by atoms with van der Waals surface area (Å²) in [4.78, 5) is 0. The van der Waals surface area contributed by atoms with Gasteiger partial charge in [0.05, 0.1) is 6.73 Å². The predicted molar refractivity (Wildman–Crippen MR) is 83.1 cm³/mol. The number of hydrogen-bond acceptors (Lipinski definition) is 2. The first-order chi connectivity index (χ1) is 9.13. The van der Waals surface area contributed by atoms with Crippen LogP contribution in [0.3, 0.4) is 0 Å². The van der Waals surface area contributed by atoms with E-state index in [9.17, 15) is 0 Å². The van der Waals surface area contributed by atoms with Gasteiger partial charge in [0.2, 0.25) is 0 Å². The van der Waals surface area contributed by atoms with Gasteiger partial charge in [0.1, 0.15) is 0 Å². The molecule has 2 nitrogen and oxygen atoms in total. The van der Waals surface area contributed by atoms with Crippen LogP contribution in [-0.4, -0.2) is 20.4 Å². The lowest BCUT2D eigenvalue weighted by atomic mass is 9.95. The lowest BCUT2D eigenvalue weighted by molar-refractivity contribution is 0.174. The minimum Gasteiger partial charge on any atom is -0.370 e. The Morgan fingerprint density at radius 1 is 1.42 bits per heavy atom. The SMILES string of the molecule is C=C(C)c1cccc(CC(C)CCCNCOC)c1. The molecule has 0 aliphatic carbocycles. The highest BCUT2D eigenvalue weighted by Gasteiger charge is 2.04. The van der Waals surface area contributed by atoms with E-state index < -0.39 is 0 Å². The van der Waals surface area contributed by atoms with Crippen LogP contribution >= 0.6 is 0 Å². The largest absolute Gasteiger partial charge is 0.370 e. The van der Waals surface area contributed by atoms with Gasteiger partial charge in [0.15, 0.2) is 0 Å². The third kappa shape index (κ3) is 6.55. The van der Waals surface area contributed by atoms with Crippen LogP contribution in [0.2, 0.25) is 0 Å². The van der Waals surface area contributed by atoms with E-state index in [1.807, 2.05) is 0 Å². The number of nitrogens with one attached hydrogen (secondary N) is 1. The minimum absolute atomic E-state index is 0.648. The summed E-state index contributed by atoms with van der Waals surface area (Å²) >= 11 is 0. The summed E-state index contributed by atoms with van der Waals surface area (Å²) in [5.74, 6) is 0.713. The Morgan fingerprint density at radius 3 is 2.89 bits per heavy atom. The summed E-state index contributed by atoms with van der Waals surface area (Å²) < 4.78 is 4.96. The first-order valence-electron chi connectivity index (χ1n) is 7.08. The van der Waals surface area contributed by atoms with Gasteiger partial charge in [-0.1, -0.05) is 43.3 Å². The molecule has 0 radical (unpaired) electrons. The first kappa shape index (κ1) is 15.9. The molecule has 0 amide bonds. The lowest BCUT2D eigenvalue weighted by Crippen LogP contribution is -2.18. The Morgan fingerprint density at radius 2 is 2.21 bits per heavy atom. The Labute approximate surface area is 117 Å². The van der Waals surface area contributed by atoms with Gasteiger partial charge in [-0.15, -0.1) is 0 Å². The molecule has 0 aliphatic heterocycles. The molecule has 1 atom stereocenters. The highest BCUT2D eigenvalue weighted by atomic mass is 16.5. The summed E-state index contributed by atoms with van der Waals surface area (Å²) in [6, 6.07) is 8.74. The van der Waals surface area contributed by atoms with Gasteiger partial charge in [0.25, 0.3) is 0 Å². The molecule has 2 heteroatoms. The summed E-state index contributed by atoms with van der Waals surface area (Å²) in [6.07, 6.45) is 3.59. The quantitative estimate of drug-likeness (QED) is 0.538. The normalized spacial score (nSPS) is 12.4. The van der Waals surface area contributed by atoms with E-state index in [2.05, 4.69) is 50.0 Å². The van der Waals surface area contributed by atoms with Crippen molar-refractivity contribution in [3.8, 4) is 0 Å². The van der Waals surface area contributed by atoms with E-state index in [1.54, 1.807) is 7.11 Å². The van der Waals surface area contributed by atoms with Crippen LogP contribution in [0, 0.1) is 5.92 Å². The third-order valence-corrected chi connectivity index (χ3v) is 3.30. The Kier molecular flexibility index (Phi) is 7.46. The van der Waals surface area contributed by atoms with Crippen molar-refractivity contribution < 1.29 is 4.74 Å². The van der Waals surface area contributed by atoms with Crippen molar-refractivity contribution in [3.63, 3.8) is 0 Å². The molecule has 106 valence electrons. The Hall–Kier alpha value is -1.12. The van der Waals surface area contributed by atoms with Gasteiger partial charge in [-0.2, -0.15) is 0 Å². The van der Waals surface area contributed by atoms with E-state index in [0.717, 1.165) is 18.5 Å². The lowest BCUT2D eigenvalue weighted by Gasteiger charge is -2.12. The molecular weight excluding hydrogens is 234 g/mol. The van der Waals surface area contributed by atoms with E-state index in [-0.39, 0.29) is 0 Å². The molecule has 0 spiro atoms. The molecule has 0 aliphatic rings. The second-order valence-corrected chi connectivity index (χ2v) is 5.37.